The van der Waals surface area contributed by atoms with Crippen LogP contribution in [0.25, 0.3) is 0 Å². The van der Waals surface area contributed by atoms with Gasteiger partial charge in [0.25, 0.3) is 5.91 Å². The van der Waals surface area contributed by atoms with Crippen molar-refractivity contribution < 1.29 is 4.79 Å². The van der Waals surface area contributed by atoms with E-state index in [2.05, 4.69) is 10.4 Å². The number of nitrogens with zero attached hydrogens (tertiary/aromatic N) is 2. The Bertz CT molecular complexity index is 623. The number of hydrazine groups is 1. The van der Waals surface area contributed by atoms with Gasteiger partial charge in [-0.05, 0) is 37.6 Å². The van der Waals surface area contributed by atoms with E-state index in [0.717, 1.165) is 22.0 Å². The summed E-state index contributed by atoms with van der Waals surface area (Å²) in [5, 5.41) is 2.99. The minimum Gasteiger partial charge on any atom is -0.336 e. The zero-order chi connectivity index (χ0) is 14.7. The van der Waals surface area contributed by atoms with E-state index in [9.17, 15) is 4.79 Å². The van der Waals surface area contributed by atoms with Crippen molar-refractivity contribution in [1.29, 1.82) is 0 Å². The van der Waals surface area contributed by atoms with Gasteiger partial charge in [-0.2, -0.15) is 0 Å². The third-order valence-electron chi connectivity index (χ3n) is 3.04. The van der Waals surface area contributed by atoms with Gasteiger partial charge in [0, 0.05) is 23.7 Å². The number of benzene rings is 1. The normalized spacial score (nSPS) is 10.4. The molecule has 0 unspecified atom stereocenters. The Morgan fingerprint density at radius 2 is 2.20 bits per heavy atom. The van der Waals surface area contributed by atoms with Gasteiger partial charge in [-0.25, -0.2) is 4.98 Å². The highest BCUT2D eigenvalue weighted by molar-refractivity contribution is 7.09. The van der Waals surface area contributed by atoms with E-state index in [1.807, 2.05) is 25.3 Å². The predicted octanol–water partition coefficient (Wildman–Crippen LogP) is 2.32. The smallest absolute Gasteiger partial charge is 0.254 e. The quantitative estimate of drug-likeness (QED) is 0.669. The van der Waals surface area contributed by atoms with Gasteiger partial charge in [0.05, 0.1) is 17.2 Å². The van der Waals surface area contributed by atoms with Gasteiger partial charge >= 0.3 is 0 Å². The molecule has 5 nitrogen and oxygen atoms in total. The molecule has 1 aromatic carbocycles. The molecule has 106 valence electrons. The topological polar surface area (TPSA) is 71.2 Å². The van der Waals surface area contributed by atoms with E-state index >= 15 is 0 Å². The molecule has 2 aromatic rings. The van der Waals surface area contributed by atoms with Crippen molar-refractivity contribution in [2.75, 3.05) is 12.5 Å². The molecule has 0 aliphatic heterocycles. The highest BCUT2D eigenvalue weighted by atomic mass is 32.1. The first-order valence-corrected chi connectivity index (χ1v) is 7.13. The Morgan fingerprint density at radius 3 is 2.75 bits per heavy atom. The van der Waals surface area contributed by atoms with Gasteiger partial charge in [-0.1, -0.05) is 0 Å². The molecule has 1 amide bonds. The zero-order valence-electron chi connectivity index (χ0n) is 11.8. The first-order valence-electron chi connectivity index (χ1n) is 6.25. The van der Waals surface area contributed by atoms with Crippen LogP contribution in [0, 0.1) is 13.8 Å². The molecule has 0 saturated carbocycles. The third-order valence-corrected chi connectivity index (χ3v) is 3.86. The summed E-state index contributed by atoms with van der Waals surface area (Å²) in [5.74, 6) is 5.34. The number of amides is 1. The summed E-state index contributed by atoms with van der Waals surface area (Å²) in [7, 11) is 1.78. The summed E-state index contributed by atoms with van der Waals surface area (Å²) >= 11 is 1.59. The van der Waals surface area contributed by atoms with Gasteiger partial charge < -0.3 is 10.3 Å². The highest BCUT2D eigenvalue weighted by Gasteiger charge is 2.15. The van der Waals surface area contributed by atoms with Gasteiger partial charge in [-0.15, -0.1) is 11.3 Å². The first-order chi connectivity index (χ1) is 9.51. The first kappa shape index (κ1) is 14.5. The van der Waals surface area contributed by atoms with Crippen LogP contribution in [0.4, 0.5) is 5.69 Å². The fraction of sp³-hybridized carbons (Fsp3) is 0.286. The number of nitrogens with two attached hydrogens (primary N) is 1. The van der Waals surface area contributed by atoms with E-state index in [0.29, 0.717) is 12.1 Å². The van der Waals surface area contributed by atoms with Crippen LogP contribution in [0.2, 0.25) is 0 Å². The number of hydrogen-bond donors (Lipinski definition) is 2. The standard InChI is InChI=1S/C14H18N4OS/c1-9-6-11(17-15)4-5-13(9)14(19)18(3)7-12-8-20-10(2)16-12/h4-6,8,17H,7,15H2,1-3H3. The number of hydrogen-bond acceptors (Lipinski definition) is 5. The lowest BCUT2D eigenvalue weighted by Crippen LogP contribution is -2.27. The molecular weight excluding hydrogens is 272 g/mol. The number of carbonyl (C=O) groups is 1. The van der Waals surface area contributed by atoms with E-state index in [-0.39, 0.29) is 5.91 Å². The minimum absolute atomic E-state index is 0.0169. The summed E-state index contributed by atoms with van der Waals surface area (Å²) < 4.78 is 0. The molecule has 0 saturated heterocycles. The van der Waals surface area contributed by atoms with Crippen molar-refractivity contribution in [2.24, 2.45) is 5.84 Å². The molecule has 3 N–H and O–H groups in total. The second-order valence-electron chi connectivity index (χ2n) is 4.69. The number of carbonyl (C=O) groups excluding carboxylic acids is 1. The predicted molar refractivity (Wildman–Crippen MR) is 81.6 cm³/mol. The average molecular weight is 290 g/mol. The van der Waals surface area contributed by atoms with E-state index in [4.69, 9.17) is 5.84 Å². The summed E-state index contributed by atoms with van der Waals surface area (Å²) in [6.07, 6.45) is 0. The molecule has 1 aromatic heterocycles. The maximum atomic E-state index is 12.4. The molecule has 20 heavy (non-hydrogen) atoms. The monoisotopic (exact) mass is 290 g/mol. The number of aromatic nitrogens is 1. The Hall–Kier alpha value is -1.92. The van der Waals surface area contributed by atoms with Crippen LogP contribution in [0.3, 0.4) is 0 Å². The molecule has 2 rings (SSSR count). The molecule has 1 heterocycles. The van der Waals surface area contributed by atoms with E-state index < -0.39 is 0 Å². The Kier molecular flexibility index (Phi) is 4.36. The lowest BCUT2D eigenvalue weighted by atomic mass is 10.1. The van der Waals surface area contributed by atoms with Crippen LogP contribution < -0.4 is 11.3 Å². The molecule has 0 radical (unpaired) electrons. The maximum absolute atomic E-state index is 12.4. The number of nitrogen functional groups attached to an aromatic ring is 1. The number of nitrogens with one attached hydrogen (secondary N) is 1. The number of thiazole rings is 1. The van der Waals surface area contributed by atoms with Gasteiger partial charge in [0.1, 0.15) is 0 Å². The molecule has 0 atom stereocenters. The maximum Gasteiger partial charge on any atom is 0.254 e. The van der Waals surface area contributed by atoms with Crippen molar-refractivity contribution >= 4 is 22.9 Å². The van der Waals surface area contributed by atoms with Gasteiger partial charge in [0.15, 0.2) is 0 Å². The van der Waals surface area contributed by atoms with Gasteiger partial charge in [0.2, 0.25) is 0 Å². The Morgan fingerprint density at radius 1 is 1.45 bits per heavy atom. The SMILES string of the molecule is Cc1nc(CN(C)C(=O)c2ccc(NN)cc2C)cs1. The van der Waals surface area contributed by atoms with Crippen LogP contribution in [0.5, 0.6) is 0 Å². The van der Waals surface area contributed by atoms with Crippen LogP contribution in [-0.2, 0) is 6.54 Å². The summed E-state index contributed by atoms with van der Waals surface area (Å²) in [6, 6.07) is 5.44. The highest BCUT2D eigenvalue weighted by Crippen LogP contribution is 2.17. The van der Waals surface area contributed by atoms with Crippen LogP contribution in [-0.4, -0.2) is 22.8 Å². The average Bonchev–Trinajstić information content (AvgIpc) is 2.83. The number of rotatable bonds is 4. The lowest BCUT2D eigenvalue weighted by molar-refractivity contribution is 0.0783. The molecule has 0 bridgehead atoms. The molecule has 0 aliphatic rings. The second-order valence-corrected chi connectivity index (χ2v) is 5.76. The molecule has 0 fully saturated rings. The van der Waals surface area contributed by atoms with Crippen molar-refractivity contribution in [3.63, 3.8) is 0 Å². The molecule has 0 aliphatic carbocycles. The second kappa shape index (κ2) is 6.02. The van der Waals surface area contributed by atoms with Crippen LogP contribution in [0.1, 0.15) is 26.6 Å². The Labute approximate surface area is 122 Å². The van der Waals surface area contributed by atoms with E-state index in [1.54, 1.807) is 35.4 Å². The molecular formula is C14H18N4OS. The van der Waals surface area contributed by atoms with Crippen molar-refractivity contribution in [3.05, 3.63) is 45.4 Å². The summed E-state index contributed by atoms with van der Waals surface area (Å²) in [4.78, 5) is 18.5. The zero-order valence-corrected chi connectivity index (χ0v) is 12.6. The fourth-order valence-corrected chi connectivity index (χ4v) is 2.60. The third kappa shape index (κ3) is 3.15. The van der Waals surface area contributed by atoms with E-state index in [1.165, 1.54) is 0 Å². The Balaban J connectivity index is 2.14. The lowest BCUT2D eigenvalue weighted by Gasteiger charge is -2.17. The van der Waals surface area contributed by atoms with Crippen LogP contribution >= 0.6 is 11.3 Å². The number of anilines is 1. The summed E-state index contributed by atoms with van der Waals surface area (Å²) in [6.45, 7) is 4.37. The van der Waals surface area contributed by atoms with Gasteiger partial charge in [-0.3, -0.25) is 10.6 Å². The van der Waals surface area contributed by atoms with Crippen molar-refractivity contribution in [1.82, 2.24) is 9.88 Å². The van der Waals surface area contributed by atoms with Crippen molar-refractivity contribution in [3.8, 4) is 0 Å². The van der Waals surface area contributed by atoms with Crippen molar-refractivity contribution in [2.45, 2.75) is 20.4 Å². The minimum atomic E-state index is -0.0169. The largest absolute Gasteiger partial charge is 0.336 e. The molecule has 0 spiro atoms. The fourth-order valence-electron chi connectivity index (χ4n) is 1.99. The number of aryl methyl sites for hydroxylation is 2. The van der Waals surface area contributed by atoms with Crippen LogP contribution in [0.15, 0.2) is 23.6 Å². The summed E-state index contributed by atoms with van der Waals surface area (Å²) in [5.41, 5.74) is 5.85. The molecule has 6 heteroatoms.